The second-order valence-corrected chi connectivity index (χ2v) is 3.16. The quantitative estimate of drug-likeness (QED) is 0.792. The van der Waals surface area contributed by atoms with Crippen molar-refractivity contribution in [2.45, 2.75) is 25.6 Å². The third kappa shape index (κ3) is 2.47. The predicted octanol–water partition coefficient (Wildman–Crippen LogP) is 1.19. The van der Waals surface area contributed by atoms with Crippen molar-refractivity contribution in [2.24, 2.45) is 7.05 Å². The van der Waals surface area contributed by atoms with Crippen LogP contribution in [0.25, 0.3) is 0 Å². The van der Waals surface area contributed by atoms with Crippen LogP contribution in [0.4, 0.5) is 13.2 Å². The second kappa shape index (κ2) is 3.61. The Bertz CT molecular complexity index is 319. The van der Waals surface area contributed by atoms with Crippen LogP contribution in [0.5, 0.6) is 0 Å². The van der Waals surface area contributed by atoms with Gasteiger partial charge in [-0.2, -0.15) is 18.3 Å². The van der Waals surface area contributed by atoms with E-state index in [9.17, 15) is 13.2 Å². The number of aliphatic hydroxyl groups excluding tert-OH is 1. The van der Waals surface area contributed by atoms with E-state index in [0.29, 0.717) is 11.4 Å². The fourth-order valence-electron chi connectivity index (χ4n) is 1.17. The standard InChI is InChI=1S/C8H11F3N2O/c1-5-3-6(13(2)12-5)4-7(14)8(9,10)11/h3,7,14H,4H2,1-2H3/t7-/m0/s1. The van der Waals surface area contributed by atoms with E-state index in [1.165, 1.54) is 10.7 Å². The largest absolute Gasteiger partial charge is 0.414 e. The van der Waals surface area contributed by atoms with Crippen LogP contribution >= 0.6 is 0 Å². The lowest BCUT2D eigenvalue weighted by Gasteiger charge is -2.13. The maximum Gasteiger partial charge on any atom is 0.414 e. The lowest BCUT2D eigenvalue weighted by Crippen LogP contribution is -2.31. The Morgan fingerprint density at radius 2 is 2.14 bits per heavy atom. The van der Waals surface area contributed by atoms with Gasteiger partial charge >= 0.3 is 6.18 Å². The average molecular weight is 208 g/mol. The molecule has 3 nitrogen and oxygen atoms in total. The minimum absolute atomic E-state index is 0.368. The smallest absolute Gasteiger partial charge is 0.383 e. The number of aryl methyl sites for hydroxylation is 2. The summed E-state index contributed by atoms with van der Waals surface area (Å²) in [6.45, 7) is 1.68. The Balaban J connectivity index is 2.74. The van der Waals surface area contributed by atoms with Crippen molar-refractivity contribution in [3.8, 4) is 0 Å². The van der Waals surface area contributed by atoms with Gasteiger partial charge in [-0.15, -0.1) is 0 Å². The molecule has 0 saturated heterocycles. The van der Waals surface area contributed by atoms with Crippen molar-refractivity contribution in [3.63, 3.8) is 0 Å². The molecule has 0 aliphatic rings. The topological polar surface area (TPSA) is 38.0 Å². The van der Waals surface area contributed by atoms with E-state index in [1.54, 1.807) is 14.0 Å². The van der Waals surface area contributed by atoms with Crippen molar-refractivity contribution >= 4 is 0 Å². The minimum atomic E-state index is -4.57. The number of rotatable bonds is 2. The molecule has 0 radical (unpaired) electrons. The van der Waals surface area contributed by atoms with Crippen molar-refractivity contribution in [1.82, 2.24) is 9.78 Å². The molecule has 6 heteroatoms. The summed E-state index contributed by atoms with van der Waals surface area (Å²) >= 11 is 0. The zero-order valence-electron chi connectivity index (χ0n) is 7.84. The molecule has 80 valence electrons. The van der Waals surface area contributed by atoms with Gasteiger partial charge in [0.25, 0.3) is 0 Å². The Labute approximate surface area is 79.2 Å². The SMILES string of the molecule is Cc1cc(C[C@H](O)C(F)(F)F)n(C)n1. The number of aromatic nitrogens is 2. The zero-order valence-corrected chi connectivity index (χ0v) is 7.84. The molecule has 0 aromatic carbocycles. The van der Waals surface area contributed by atoms with Gasteiger partial charge < -0.3 is 5.11 Å². The van der Waals surface area contributed by atoms with Gasteiger partial charge in [-0.3, -0.25) is 4.68 Å². The molecule has 1 aromatic rings. The summed E-state index contributed by atoms with van der Waals surface area (Å²) in [5, 5.41) is 12.7. The van der Waals surface area contributed by atoms with Crippen molar-refractivity contribution in [3.05, 3.63) is 17.5 Å². The lowest BCUT2D eigenvalue weighted by atomic mass is 10.2. The van der Waals surface area contributed by atoms with Crippen LogP contribution < -0.4 is 0 Å². The molecule has 1 aromatic heterocycles. The number of hydrogen-bond acceptors (Lipinski definition) is 2. The summed E-state index contributed by atoms with van der Waals surface area (Å²) in [5.41, 5.74) is 1.00. The van der Waals surface area contributed by atoms with E-state index in [1.807, 2.05) is 0 Å². The molecule has 0 aliphatic carbocycles. The third-order valence-corrected chi connectivity index (χ3v) is 1.88. The molecule has 1 N–H and O–H groups in total. The van der Waals surface area contributed by atoms with Gasteiger partial charge in [0.15, 0.2) is 6.10 Å². The van der Waals surface area contributed by atoms with Crippen LogP contribution in [-0.2, 0) is 13.5 Å². The molecule has 0 spiro atoms. The monoisotopic (exact) mass is 208 g/mol. The Hall–Kier alpha value is -1.04. The number of halogens is 3. The van der Waals surface area contributed by atoms with E-state index in [-0.39, 0.29) is 0 Å². The molecule has 0 amide bonds. The maximum absolute atomic E-state index is 12.0. The van der Waals surface area contributed by atoms with Crippen LogP contribution in [0.2, 0.25) is 0 Å². The molecule has 0 bridgehead atoms. The fourth-order valence-corrected chi connectivity index (χ4v) is 1.17. The van der Waals surface area contributed by atoms with Gasteiger partial charge in [0.1, 0.15) is 0 Å². The van der Waals surface area contributed by atoms with E-state index < -0.39 is 18.7 Å². The fraction of sp³-hybridized carbons (Fsp3) is 0.625. The Morgan fingerprint density at radius 1 is 1.57 bits per heavy atom. The van der Waals surface area contributed by atoms with Crippen molar-refractivity contribution < 1.29 is 18.3 Å². The van der Waals surface area contributed by atoms with Crippen LogP contribution in [0.15, 0.2) is 6.07 Å². The first-order chi connectivity index (χ1) is 6.30. The Morgan fingerprint density at radius 3 is 2.50 bits per heavy atom. The molecule has 14 heavy (non-hydrogen) atoms. The van der Waals surface area contributed by atoms with Crippen LogP contribution in [0.1, 0.15) is 11.4 Å². The maximum atomic E-state index is 12.0. The summed E-state index contributed by atoms with van der Waals surface area (Å²) < 4.78 is 37.3. The van der Waals surface area contributed by atoms with Gasteiger partial charge in [0.05, 0.1) is 5.69 Å². The number of hydrogen-bond donors (Lipinski definition) is 1. The molecule has 0 fully saturated rings. The van der Waals surface area contributed by atoms with E-state index in [2.05, 4.69) is 5.10 Å². The van der Waals surface area contributed by atoms with E-state index in [4.69, 9.17) is 5.11 Å². The molecule has 1 heterocycles. The molecule has 1 rings (SSSR count). The first-order valence-electron chi connectivity index (χ1n) is 4.05. The molecular weight excluding hydrogens is 197 g/mol. The highest BCUT2D eigenvalue weighted by Gasteiger charge is 2.38. The van der Waals surface area contributed by atoms with Crippen LogP contribution in [-0.4, -0.2) is 27.2 Å². The van der Waals surface area contributed by atoms with Gasteiger partial charge in [-0.05, 0) is 13.0 Å². The highest BCUT2D eigenvalue weighted by molar-refractivity contribution is 5.09. The first kappa shape index (κ1) is 11.0. The van der Waals surface area contributed by atoms with Gasteiger partial charge in [-0.25, -0.2) is 0 Å². The minimum Gasteiger partial charge on any atom is -0.383 e. The normalized spacial score (nSPS) is 14.4. The zero-order chi connectivity index (χ0) is 10.9. The number of alkyl halides is 3. The summed E-state index contributed by atoms with van der Waals surface area (Å²) in [5.74, 6) is 0. The number of aliphatic hydroxyl groups is 1. The first-order valence-corrected chi connectivity index (χ1v) is 4.05. The third-order valence-electron chi connectivity index (χ3n) is 1.88. The second-order valence-electron chi connectivity index (χ2n) is 3.16. The van der Waals surface area contributed by atoms with E-state index in [0.717, 1.165) is 0 Å². The molecule has 0 aliphatic heterocycles. The van der Waals surface area contributed by atoms with Gasteiger partial charge in [0, 0.05) is 19.2 Å². The summed E-state index contributed by atoms with van der Waals surface area (Å²) in [6, 6.07) is 1.52. The van der Waals surface area contributed by atoms with Gasteiger partial charge in [-0.1, -0.05) is 0 Å². The summed E-state index contributed by atoms with van der Waals surface area (Å²) in [4.78, 5) is 0. The van der Waals surface area contributed by atoms with E-state index >= 15 is 0 Å². The van der Waals surface area contributed by atoms with Crippen molar-refractivity contribution in [2.75, 3.05) is 0 Å². The molecular formula is C8H11F3N2O. The predicted molar refractivity (Wildman–Crippen MR) is 43.7 cm³/mol. The molecule has 0 unspecified atom stereocenters. The summed E-state index contributed by atoms with van der Waals surface area (Å²) in [7, 11) is 1.55. The summed E-state index contributed by atoms with van der Waals surface area (Å²) in [6.07, 6.45) is -7.35. The van der Waals surface area contributed by atoms with Crippen LogP contribution in [0, 0.1) is 6.92 Å². The van der Waals surface area contributed by atoms with Crippen molar-refractivity contribution in [1.29, 1.82) is 0 Å². The highest BCUT2D eigenvalue weighted by atomic mass is 19.4. The van der Waals surface area contributed by atoms with Crippen LogP contribution in [0.3, 0.4) is 0 Å². The lowest BCUT2D eigenvalue weighted by molar-refractivity contribution is -0.203. The molecule has 1 atom stereocenters. The average Bonchev–Trinajstić information content (AvgIpc) is 2.28. The number of nitrogens with zero attached hydrogens (tertiary/aromatic N) is 2. The highest BCUT2D eigenvalue weighted by Crippen LogP contribution is 2.22. The molecule has 0 saturated carbocycles. The Kier molecular flexibility index (Phi) is 2.84. The van der Waals surface area contributed by atoms with Gasteiger partial charge in [0.2, 0.25) is 0 Å².